The van der Waals surface area contributed by atoms with Crippen molar-refractivity contribution in [1.82, 2.24) is 9.80 Å². The Morgan fingerprint density at radius 1 is 0.969 bits per heavy atom. The molecule has 6 rings (SSSR count). The van der Waals surface area contributed by atoms with Gasteiger partial charge in [0.25, 0.3) is 0 Å². The Bertz CT molecular complexity index is 802. The monoisotopic (exact) mass is 444 g/mol. The van der Waals surface area contributed by atoms with Gasteiger partial charge in [-0.3, -0.25) is 4.90 Å². The van der Waals surface area contributed by atoms with Crippen molar-refractivity contribution >= 4 is 0 Å². The summed E-state index contributed by atoms with van der Waals surface area (Å²) in [5.74, 6) is 2.01. The quantitative estimate of drug-likeness (QED) is 0.674. The normalized spacial score (nSPS) is 60.1. The van der Waals surface area contributed by atoms with Crippen molar-refractivity contribution < 1.29 is 9.84 Å². The van der Waals surface area contributed by atoms with Crippen LogP contribution in [0, 0.1) is 44.8 Å². The molecule has 1 saturated heterocycles. The molecule has 1 heterocycles. The Labute approximate surface area is 196 Å². The minimum atomic E-state index is -0.154. The molecule has 2 spiro atoms. The molecule has 11 atom stereocenters. The maximum atomic E-state index is 11.5. The lowest BCUT2D eigenvalue weighted by molar-refractivity contribution is -0.202. The first-order valence-electron chi connectivity index (χ1n) is 13.6. The topological polar surface area (TPSA) is 35.9 Å². The maximum Gasteiger partial charge on any atom is 0.0990 e. The molecule has 32 heavy (non-hydrogen) atoms. The molecule has 0 aromatic heterocycles. The van der Waals surface area contributed by atoms with E-state index in [0.29, 0.717) is 34.2 Å². The summed E-state index contributed by atoms with van der Waals surface area (Å²) in [5, 5.41) is 11.5. The number of aliphatic hydroxyl groups is 1. The molecule has 0 aromatic rings. The van der Waals surface area contributed by atoms with Crippen LogP contribution in [0.15, 0.2) is 0 Å². The largest absolute Gasteiger partial charge is 0.393 e. The molecule has 6 fully saturated rings. The Kier molecular flexibility index (Phi) is 4.55. The minimum Gasteiger partial charge on any atom is -0.393 e. The van der Waals surface area contributed by atoms with Gasteiger partial charge in [0.05, 0.1) is 19.4 Å². The van der Waals surface area contributed by atoms with E-state index in [2.05, 4.69) is 58.6 Å². The van der Waals surface area contributed by atoms with Gasteiger partial charge < -0.3 is 14.7 Å². The Morgan fingerprint density at radius 3 is 2.38 bits per heavy atom. The lowest BCUT2D eigenvalue weighted by Crippen LogP contribution is -2.63. The van der Waals surface area contributed by atoms with E-state index in [4.69, 9.17) is 4.74 Å². The third kappa shape index (κ3) is 2.30. The van der Waals surface area contributed by atoms with Gasteiger partial charge >= 0.3 is 0 Å². The van der Waals surface area contributed by atoms with Crippen molar-refractivity contribution in [3.63, 3.8) is 0 Å². The highest BCUT2D eigenvalue weighted by Gasteiger charge is 2.83. The van der Waals surface area contributed by atoms with E-state index in [9.17, 15) is 5.11 Å². The van der Waals surface area contributed by atoms with Crippen molar-refractivity contribution in [1.29, 1.82) is 0 Å². The second-order valence-electron chi connectivity index (χ2n) is 14.3. The summed E-state index contributed by atoms with van der Waals surface area (Å²) in [6.07, 6.45) is 10.6. The summed E-state index contributed by atoms with van der Waals surface area (Å²) >= 11 is 0. The SMILES string of the molecule is C[C@@H]([C@H]1[C@H](O)C[C@@]2(C)[C@@H]3CC[C@H]4[C@]5(C)COCN(C)[C@H]5CC[C@@]45C[C@@]35CC[C@]12C)N(C)C. The molecule has 1 aliphatic heterocycles. The molecule has 6 aliphatic rings. The van der Waals surface area contributed by atoms with E-state index in [1.165, 1.54) is 44.9 Å². The number of hydrogen-bond acceptors (Lipinski definition) is 4. The molecular weight excluding hydrogens is 396 g/mol. The third-order valence-corrected chi connectivity index (χ3v) is 13.5. The molecule has 4 nitrogen and oxygen atoms in total. The van der Waals surface area contributed by atoms with Gasteiger partial charge in [0.2, 0.25) is 0 Å². The Hall–Kier alpha value is -0.160. The van der Waals surface area contributed by atoms with Crippen LogP contribution in [0.25, 0.3) is 0 Å². The van der Waals surface area contributed by atoms with Crippen LogP contribution >= 0.6 is 0 Å². The molecule has 0 amide bonds. The van der Waals surface area contributed by atoms with Crippen LogP contribution in [0.5, 0.6) is 0 Å². The summed E-state index contributed by atoms with van der Waals surface area (Å²) < 4.78 is 6.17. The second kappa shape index (κ2) is 6.53. The van der Waals surface area contributed by atoms with Crippen LogP contribution < -0.4 is 0 Å². The fourth-order valence-electron chi connectivity index (χ4n) is 11.9. The van der Waals surface area contributed by atoms with E-state index in [1.54, 1.807) is 0 Å². The second-order valence-corrected chi connectivity index (χ2v) is 14.3. The highest BCUT2D eigenvalue weighted by molar-refractivity contribution is 5.32. The first kappa shape index (κ1) is 22.3. The van der Waals surface area contributed by atoms with Gasteiger partial charge in [0, 0.05) is 23.4 Å². The van der Waals surface area contributed by atoms with Crippen LogP contribution in [0.1, 0.15) is 79.1 Å². The highest BCUT2D eigenvalue weighted by Crippen LogP contribution is 2.89. The van der Waals surface area contributed by atoms with E-state index in [0.717, 1.165) is 31.6 Å². The van der Waals surface area contributed by atoms with Crippen LogP contribution in [0.4, 0.5) is 0 Å². The van der Waals surface area contributed by atoms with Crippen molar-refractivity contribution in [2.75, 3.05) is 34.5 Å². The zero-order valence-electron chi connectivity index (χ0n) is 21.8. The van der Waals surface area contributed by atoms with E-state index in [1.807, 2.05) is 0 Å². The smallest absolute Gasteiger partial charge is 0.0990 e. The number of hydrogen-bond donors (Lipinski definition) is 1. The summed E-state index contributed by atoms with van der Waals surface area (Å²) in [6.45, 7) is 11.9. The van der Waals surface area contributed by atoms with Gasteiger partial charge in [-0.05, 0) is 113 Å². The molecule has 0 unspecified atom stereocenters. The Morgan fingerprint density at radius 2 is 1.66 bits per heavy atom. The van der Waals surface area contributed by atoms with Crippen LogP contribution in [0.3, 0.4) is 0 Å². The molecule has 0 aromatic carbocycles. The molecule has 5 aliphatic carbocycles. The predicted octanol–water partition coefficient (Wildman–Crippen LogP) is 4.61. The summed E-state index contributed by atoms with van der Waals surface area (Å²) in [6, 6.07) is 1.13. The standard InChI is InChI=1S/C28H48N2O2/c1-18(29(5)6)23-19(31)14-26(4)21-9-8-20-24(2)16-32-17-30(7)22(24)10-11-27(20)15-28(21,27)13-12-25(23,26)3/h18-23,31H,8-17H2,1-7H3/t18-,19+,20-,21-,22-,23-,24-,25+,26-,27+,28-/m0/s1. The summed E-state index contributed by atoms with van der Waals surface area (Å²) in [7, 11) is 6.68. The first-order chi connectivity index (χ1) is 15.0. The average molecular weight is 445 g/mol. The van der Waals surface area contributed by atoms with E-state index < -0.39 is 0 Å². The number of aliphatic hydroxyl groups excluding tert-OH is 1. The first-order valence-corrected chi connectivity index (χ1v) is 13.6. The number of fused-ring (bicyclic) bond motifs is 4. The van der Waals surface area contributed by atoms with E-state index in [-0.39, 0.29) is 16.9 Å². The zero-order chi connectivity index (χ0) is 22.9. The Balaban J connectivity index is 1.36. The van der Waals surface area contributed by atoms with Crippen molar-refractivity contribution in [3.8, 4) is 0 Å². The van der Waals surface area contributed by atoms with Gasteiger partial charge in [-0.1, -0.05) is 20.8 Å². The fourth-order valence-corrected chi connectivity index (χ4v) is 11.9. The highest BCUT2D eigenvalue weighted by atomic mass is 16.5. The van der Waals surface area contributed by atoms with Gasteiger partial charge in [0.1, 0.15) is 0 Å². The molecule has 182 valence electrons. The van der Waals surface area contributed by atoms with Crippen molar-refractivity contribution in [2.45, 2.75) is 97.2 Å². The van der Waals surface area contributed by atoms with Gasteiger partial charge in [-0.25, -0.2) is 0 Å². The molecule has 0 radical (unpaired) electrons. The molecule has 5 saturated carbocycles. The lowest BCUT2D eigenvalue weighted by Gasteiger charge is -2.65. The van der Waals surface area contributed by atoms with Crippen molar-refractivity contribution in [2.24, 2.45) is 44.8 Å². The lowest BCUT2D eigenvalue weighted by atomic mass is 9.41. The van der Waals surface area contributed by atoms with Crippen molar-refractivity contribution in [3.05, 3.63) is 0 Å². The zero-order valence-corrected chi connectivity index (χ0v) is 21.8. The average Bonchev–Trinajstić information content (AvgIpc) is 3.32. The van der Waals surface area contributed by atoms with Gasteiger partial charge in [-0.2, -0.15) is 0 Å². The minimum absolute atomic E-state index is 0.154. The van der Waals surface area contributed by atoms with Gasteiger partial charge in [-0.15, -0.1) is 0 Å². The fraction of sp³-hybridized carbons (Fsp3) is 1.00. The molecule has 4 heteroatoms. The summed E-state index contributed by atoms with van der Waals surface area (Å²) in [4.78, 5) is 4.86. The third-order valence-electron chi connectivity index (χ3n) is 13.5. The molecular formula is C28H48N2O2. The predicted molar refractivity (Wildman–Crippen MR) is 128 cm³/mol. The maximum absolute atomic E-state index is 11.5. The van der Waals surface area contributed by atoms with Crippen LogP contribution in [-0.4, -0.2) is 67.6 Å². The molecule has 0 bridgehead atoms. The number of nitrogens with zero attached hydrogens (tertiary/aromatic N) is 2. The van der Waals surface area contributed by atoms with Gasteiger partial charge in [0.15, 0.2) is 0 Å². The summed E-state index contributed by atoms with van der Waals surface area (Å²) in [5.41, 5.74) is 1.94. The number of rotatable bonds is 2. The van der Waals surface area contributed by atoms with Crippen LogP contribution in [0.2, 0.25) is 0 Å². The molecule has 1 N–H and O–H groups in total. The van der Waals surface area contributed by atoms with E-state index >= 15 is 0 Å². The number of ether oxygens (including phenoxy) is 1. The van der Waals surface area contributed by atoms with Crippen LogP contribution in [-0.2, 0) is 4.74 Å².